The largest absolute Gasteiger partial charge is 0.327 e. The van der Waals surface area contributed by atoms with Crippen molar-refractivity contribution in [1.29, 1.82) is 0 Å². The highest BCUT2D eigenvalue weighted by Crippen LogP contribution is 2.29. The summed E-state index contributed by atoms with van der Waals surface area (Å²) in [4.78, 5) is 0. The third kappa shape index (κ3) is 5.28. The third-order valence-electron chi connectivity index (χ3n) is 4.45. The fourth-order valence-electron chi connectivity index (χ4n) is 2.33. The topological polar surface area (TPSA) is 26.0 Å². The molecular formula is C19H33N. The van der Waals surface area contributed by atoms with Gasteiger partial charge in [-0.25, -0.2) is 0 Å². The minimum Gasteiger partial charge on any atom is -0.327 e. The van der Waals surface area contributed by atoms with Crippen LogP contribution in [0.3, 0.4) is 0 Å². The van der Waals surface area contributed by atoms with Crippen molar-refractivity contribution in [1.82, 2.24) is 0 Å². The lowest BCUT2D eigenvalue weighted by Gasteiger charge is -2.29. The van der Waals surface area contributed by atoms with Gasteiger partial charge in [0.1, 0.15) is 0 Å². The number of hydrogen-bond donors (Lipinski definition) is 1. The van der Waals surface area contributed by atoms with E-state index in [2.05, 4.69) is 72.7 Å². The van der Waals surface area contributed by atoms with Crippen molar-refractivity contribution in [3.63, 3.8) is 0 Å². The smallest absolute Gasteiger partial charge is 0.00820 e. The summed E-state index contributed by atoms with van der Waals surface area (Å²) in [6, 6.07) is 9.22. The molecule has 0 fully saturated rings. The maximum absolute atomic E-state index is 6.33. The molecule has 0 aliphatic heterocycles. The van der Waals surface area contributed by atoms with Crippen molar-refractivity contribution in [2.45, 2.75) is 72.8 Å². The molecule has 0 spiro atoms. The van der Waals surface area contributed by atoms with E-state index < -0.39 is 0 Å². The SMILES string of the molecule is CC(CC(N)Cc1ccc(C(C)(C)C)cc1)C(C)(C)C. The van der Waals surface area contributed by atoms with E-state index in [9.17, 15) is 0 Å². The lowest BCUT2D eigenvalue weighted by atomic mass is 9.78. The Hall–Kier alpha value is -0.820. The first kappa shape index (κ1) is 17.2. The highest BCUT2D eigenvalue weighted by Gasteiger charge is 2.22. The predicted molar refractivity (Wildman–Crippen MR) is 90.1 cm³/mol. The van der Waals surface area contributed by atoms with Gasteiger partial charge < -0.3 is 5.73 Å². The Morgan fingerprint density at radius 1 is 0.950 bits per heavy atom. The average molecular weight is 275 g/mol. The summed E-state index contributed by atoms with van der Waals surface area (Å²) in [6.07, 6.45) is 2.06. The van der Waals surface area contributed by atoms with Gasteiger partial charge in [0.25, 0.3) is 0 Å². The van der Waals surface area contributed by atoms with Gasteiger partial charge in [-0.2, -0.15) is 0 Å². The Morgan fingerprint density at radius 2 is 1.45 bits per heavy atom. The molecule has 114 valence electrons. The normalized spacial score (nSPS) is 16.0. The molecule has 0 saturated carbocycles. The lowest BCUT2D eigenvalue weighted by molar-refractivity contribution is 0.233. The van der Waals surface area contributed by atoms with Crippen LogP contribution in [-0.2, 0) is 11.8 Å². The molecule has 1 nitrogen and oxygen atoms in total. The second kappa shape index (κ2) is 6.30. The molecule has 20 heavy (non-hydrogen) atoms. The molecule has 0 bridgehead atoms. The highest BCUT2D eigenvalue weighted by molar-refractivity contribution is 5.27. The third-order valence-corrected chi connectivity index (χ3v) is 4.45. The summed E-state index contributed by atoms with van der Waals surface area (Å²) in [5.41, 5.74) is 9.63. The molecule has 0 aromatic heterocycles. The second-order valence-corrected chi connectivity index (χ2v) is 8.41. The van der Waals surface area contributed by atoms with Crippen molar-refractivity contribution in [2.75, 3.05) is 0 Å². The second-order valence-electron chi connectivity index (χ2n) is 8.41. The van der Waals surface area contributed by atoms with E-state index in [0.29, 0.717) is 11.3 Å². The van der Waals surface area contributed by atoms with Crippen molar-refractivity contribution in [3.8, 4) is 0 Å². The van der Waals surface area contributed by atoms with Gasteiger partial charge in [0.05, 0.1) is 0 Å². The van der Waals surface area contributed by atoms with Crippen LogP contribution in [0, 0.1) is 11.3 Å². The van der Waals surface area contributed by atoms with Gasteiger partial charge in [0, 0.05) is 6.04 Å². The molecule has 0 saturated heterocycles. The summed E-state index contributed by atoms with van der Waals surface area (Å²) < 4.78 is 0. The predicted octanol–water partition coefficient (Wildman–Crippen LogP) is 4.93. The first-order valence-electron chi connectivity index (χ1n) is 7.85. The van der Waals surface area contributed by atoms with E-state index in [1.54, 1.807) is 0 Å². The minimum absolute atomic E-state index is 0.224. The Kier molecular flexibility index (Phi) is 5.43. The maximum atomic E-state index is 6.33. The van der Waals surface area contributed by atoms with E-state index in [1.807, 2.05) is 0 Å². The number of rotatable bonds is 4. The van der Waals surface area contributed by atoms with Gasteiger partial charge in [-0.15, -0.1) is 0 Å². The van der Waals surface area contributed by atoms with Gasteiger partial charge >= 0.3 is 0 Å². The van der Waals surface area contributed by atoms with Gasteiger partial charge in [-0.1, -0.05) is 72.7 Å². The summed E-state index contributed by atoms with van der Waals surface area (Å²) in [5.74, 6) is 0.645. The Bertz CT molecular complexity index is 403. The molecule has 2 N–H and O–H groups in total. The molecule has 1 aromatic carbocycles. The zero-order valence-corrected chi connectivity index (χ0v) is 14.5. The van der Waals surface area contributed by atoms with E-state index in [4.69, 9.17) is 5.73 Å². The number of benzene rings is 1. The fourth-order valence-corrected chi connectivity index (χ4v) is 2.33. The first-order chi connectivity index (χ1) is 9.00. The van der Waals surface area contributed by atoms with Gasteiger partial charge in [-0.3, -0.25) is 0 Å². The molecule has 0 aliphatic carbocycles. The first-order valence-corrected chi connectivity index (χ1v) is 7.85. The molecule has 0 aliphatic rings. The van der Waals surface area contributed by atoms with Crippen LogP contribution in [0.4, 0.5) is 0 Å². The van der Waals surface area contributed by atoms with Crippen LogP contribution in [0.15, 0.2) is 24.3 Å². The highest BCUT2D eigenvalue weighted by atomic mass is 14.6. The van der Waals surface area contributed by atoms with Crippen LogP contribution >= 0.6 is 0 Å². The van der Waals surface area contributed by atoms with Gasteiger partial charge in [-0.05, 0) is 40.7 Å². The van der Waals surface area contributed by atoms with Crippen LogP contribution < -0.4 is 5.73 Å². The van der Waals surface area contributed by atoms with E-state index >= 15 is 0 Å². The maximum Gasteiger partial charge on any atom is 0.00820 e. The standard InChI is InChI=1S/C19H33N/c1-14(18(2,3)4)12-17(20)13-15-8-10-16(11-9-15)19(5,6)7/h8-11,14,17H,12-13,20H2,1-7H3. The Balaban J connectivity index is 2.61. The van der Waals surface area contributed by atoms with Crippen molar-refractivity contribution < 1.29 is 0 Å². The van der Waals surface area contributed by atoms with Crippen LogP contribution in [0.1, 0.15) is 66.0 Å². The van der Waals surface area contributed by atoms with Crippen LogP contribution in [-0.4, -0.2) is 6.04 Å². The van der Waals surface area contributed by atoms with Crippen molar-refractivity contribution >= 4 is 0 Å². The molecule has 1 rings (SSSR count). The molecule has 0 heterocycles. The number of nitrogens with two attached hydrogens (primary N) is 1. The molecule has 1 aromatic rings. The zero-order chi connectivity index (χ0) is 15.6. The van der Waals surface area contributed by atoms with E-state index in [1.165, 1.54) is 11.1 Å². The molecule has 2 atom stereocenters. The van der Waals surface area contributed by atoms with E-state index in [0.717, 1.165) is 12.8 Å². The molecule has 1 heteroatoms. The van der Waals surface area contributed by atoms with Crippen molar-refractivity contribution in [2.24, 2.45) is 17.1 Å². The minimum atomic E-state index is 0.224. The molecular weight excluding hydrogens is 242 g/mol. The van der Waals surface area contributed by atoms with Gasteiger partial charge in [0.2, 0.25) is 0 Å². The van der Waals surface area contributed by atoms with Crippen LogP contribution in [0.25, 0.3) is 0 Å². The number of hydrogen-bond acceptors (Lipinski definition) is 1. The van der Waals surface area contributed by atoms with Crippen LogP contribution in [0.5, 0.6) is 0 Å². The molecule has 2 unspecified atom stereocenters. The van der Waals surface area contributed by atoms with Crippen molar-refractivity contribution in [3.05, 3.63) is 35.4 Å². The van der Waals surface area contributed by atoms with E-state index in [-0.39, 0.29) is 11.5 Å². The lowest BCUT2D eigenvalue weighted by Crippen LogP contribution is -2.30. The monoisotopic (exact) mass is 275 g/mol. The Labute approximate surface area is 126 Å². The molecule has 0 radical (unpaired) electrons. The average Bonchev–Trinajstić information content (AvgIpc) is 2.26. The quantitative estimate of drug-likeness (QED) is 0.828. The molecule has 0 amide bonds. The van der Waals surface area contributed by atoms with Gasteiger partial charge in [0.15, 0.2) is 0 Å². The summed E-state index contributed by atoms with van der Waals surface area (Å²) in [5, 5.41) is 0. The fraction of sp³-hybridized carbons (Fsp3) is 0.684. The summed E-state index contributed by atoms with van der Waals surface area (Å²) in [6.45, 7) is 15.9. The summed E-state index contributed by atoms with van der Waals surface area (Å²) >= 11 is 0. The zero-order valence-electron chi connectivity index (χ0n) is 14.5. The Morgan fingerprint density at radius 3 is 1.85 bits per heavy atom. The van der Waals surface area contributed by atoms with Crippen LogP contribution in [0.2, 0.25) is 0 Å². The summed E-state index contributed by atoms with van der Waals surface area (Å²) in [7, 11) is 0.